The summed E-state index contributed by atoms with van der Waals surface area (Å²) in [5.41, 5.74) is 1.78. The number of hydrogen-bond acceptors (Lipinski definition) is 3. The fourth-order valence-electron chi connectivity index (χ4n) is 3.56. The van der Waals surface area contributed by atoms with E-state index in [9.17, 15) is 0 Å². The number of likely N-dealkylation sites (tertiary alicyclic amines) is 1. The van der Waals surface area contributed by atoms with Gasteiger partial charge in [0.2, 0.25) is 0 Å². The first-order valence-electron chi connectivity index (χ1n) is 7.64. The molecule has 4 rings (SSSR count). The van der Waals surface area contributed by atoms with Crippen molar-refractivity contribution in [2.75, 3.05) is 33.4 Å². The van der Waals surface area contributed by atoms with E-state index >= 15 is 0 Å². The first-order valence-corrected chi connectivity index (χ1v) is 7.64. The first kappa shape index (κ1) is 13.2. The Kier molecular flexibility index (Phi) is 2.98. The number of benzene rings is 1. The van der Waals surface area contributed by atoms with Crippen molar-refractivity contribution in [1.82, 2.24) is 9.47 Å². The van der Waals surface area contributed by atoms with E-state index in [4.69, 9.17) is 9.47 Å². The minimum atomic E-state index is 0.500. The van der Waals surface area contributed by atoms with E-state index in [0.29, 0.717) is 11.5 Å². The van der Waals surface area contributed by atoms with Crippen molar-refractivity contribution in [2.24, 2.45) is 5.41 Å². The number of fused-ring (bicyclic) bond motifs is 1. The summed E-state index contributed by atoms with van der Waals surface area (Å²) in [6, 6.07) is 9.02. The van der Waals surface area contributed by atoms with Crippen LogP contribution in [0, 0.1) is 5.41 Å². The Labute approximate surface area is 125 Å². The average Bonchev–Trinajstić information content (AvgIpc) is 2.78. The molecule has 0 bridgehead atoms. The van der Waals surface area contributed by atoms with Gasteiger partial charge in [0.1, 0.15) is 5.75 Å². The van der Waals surface area contributed by atoms with Crippen LogP contribution < -0.4 is 4.74 Å². The molecule has 4 nitrogen and oxygen atoms in total. The zero-order chi connectivity index (χ0) is 14.4. The van der Waals surface area contributed by atoms with Crippen molar-refractivity contribution in [1.29, 1.82) is 0 Å². The van der Waals surface area contributed by atoms with Gasteiger partial charge in [-0.25, -0.2) is 0 Å². The van der Waals surface area contributed by atoms with Crippen LogP contribution in [0.5, 0.6) is 5.75 Å². The second-order valence-electron chi connectivity index (χ2n) is 6.64. The lowest BCUT2D eigenvalue weighted by molar-refractivity contribution is -0.197. The van der Waals surface area contributed by atoms with Gasteiger partial charge in [0.05, 0.1) is 20.3 Å². The van der Waals surface area contributed by atoms with Crippen molar-refractivity contribution in [3.8, 4) is 5.75 Å². The van der Waals surface area contributed by atoms with Gasteiger partial charge in [0, 0.05) is 48.2 Å². The molecule has 1 atom stereocenters. The summed E-state index contributed by atoms with van der Waals surface area (Å²) in [5.74, 6) is 0.919. The number of ether oxygens (including phenoxy) is 2. The molecule has 0 amide bonds. The number of rotatable bonds is 4. The molecule has 0 aliphatic carbocycles. The Hall–Kier alpha value is -1.52. The molecule has 2 fully saturated rings. The lowest BCUT2D eigenvalue weighted by Crippen LogP contribution is -2.68. The van der Waals surface area contributed by atoms with Crippen molar-refractivity contribution in [3.05, 3.63) is 30.5 Å². The highest BCUT2D eigenvalue weighted by atomic mass is 16.5. The molecule has 1 spiro atoms. The van der Waals surface area contributed by atoms with Crippen LogP contribution in [0.3, 0.4) is 0 Å². The number of methoxy groups -OCH3 is 1. The van der Waals surface area contributed by atoms with Crippen molar-refractivity contribution in [2.45, 2.75) is 19.5 Å². The molecule has 0 N–H and O–H groups in total. The summed E-state index contributed by atoms with van der Waals surface area (Å²) in [7, 11) is 1.71. The fourth-order valence-corrected chi connectivity index (χ4v) is 3.56. The van der Waals surface area contributed by atoms with Crippen molar-refractivity contribution in [3.63, 3.8) is 0 Å². The van der Waals surface area contributed by atoms with E-state index in [1.165, 1.54) is 24.0 Å². The molecular formula is C17H22N2O2. The summed E-state index contributed by atoms with van der Waals surface area (Å²) in [4.78, 5) is 2.57. The van der Waals surface area contributed by atoms with Gasteiger partial charge < -0.3 is 14.0 Å². The maximum absolute atomic E-state index is 5.35. The van der Waals surface area contributed by atoms with Crippen LogP contribution in [0.4, 0.5) is 0 Å². The predicted octanol–water partition coefficient (Wildman–Crippen LogP) is 2.37. The molecule has 112 valence electrons. The second kappa shape index (κ2) is 4.75. The van der Waals surface area contributed by atoms with Crippen LogP contribution in [0.15, 0.2) is 30.5 Å². The molecule has 0 radical (unpaired) electrons. The highest BCUT2D eigenvalue weighted by Crippen LogP contribution is 2.38. The highest BCUT2D eigenvalue weighted by Gasteiger charge is 2.49. The zero-order valence-corrected chi connectivity index (χ0v) is 12.7. The Morgan fingerprint density at radius 1 is 1.29 bits per heavy atom. The van der Waals surface area contributed by atoms with E-state index in [0.717, 1.165) is 25.5 Å². The van der Waals surface area contributed by atoms with E-state index in [1.54, 1.807) is 7.11 Å². The van der Waals surface area contributed by atoms with Gasteiger partial charge in [-0.05, 0) is 31.2 Å². The molecule has 2 aromatic rings. The number of nitrogens with zero attached hydrogens (tertiary/aromatic N) is 2. The largest absolute Gasteiger partial charge is 0.497 e. The normalized spacial score (nSPS) is 22.0. The van der Waals surface area contributed by atoms with Crippen LogP contribution in [-0.2, 0) is 11.3 Å². The third-order valence-electron chi connectivity index (χ3n) is 4.96. The SMILES string of the molecule is COc1ccc2c(ccn2CC(C)N2CC3(COC3)C2)c1. The van der Waals surface area contributed by atoms with Crippen LogP contribution in [-0.4, -0.2) is 48.9 Å². The molecule has 4 heteroatoms. The van der Waals surface area contributed by atoms with E-state index in [2.05, 4.69) is 40.8 Å². The molecule has 2 saturated heterocycles. The fraction of sp³-hybridized carbons (Fsp3) is 0.529. The highest BCUT2D eigenvalue weighted by molar-refractivity contribution is 5.81. The average molecular weight is 286 g/mol. The van der Waals surface area contributed by atoms with E-state index in [1.807, 2.05) is 6.07 Å². The minimum absolute atomic E-state index is 0.500. The summed E-state index contributed by atoms with van der Waals surface area (Å²) < 4.78 is 13.0. The molecule has 21 heavy (non-hydrogen) atoms. The van der Waals surface area contributed by atoms with E-state index < -0.39 is 0 Å². The summed E-state index contributed by atoms with van der Waals surface area (Å²) >= 11 is 0. The van der Waals surface area contributed by atoms with Crippen LogP contribution in [0.2, 0.25) is 0 Å². The van der Waals surface area contributed by atoms with Crippen LogP contribution >= 0.6 is 0 Å². The summed E-state index contributed by atoms with van der Waals surface area (Å²) in [6.45, 7) is 7.67. The summed E-state index contributed by atoms with van der Waals surface area (Å²) in [6.07, 6.45) is 2.18. The molecule has 1 unspecified atom stereocenters. The maximum Gasteiger partial charge on any atom is 0.119 e. The van der Waals surface area contributed by atoms with Gasteiger partial charge in [-0.2, -0.15) is 0 Å². The van der Waals surface area contributed by atoms with Crippen LogP contribution in [0.25, 0.3) is 10.9 Å². The smallest absolute Gasteiger partial charge is 0.119 e. The van der Waals surface area contributed by atoms with Gasteiger partial charge in [-0.15, -0.1) is 0 Å². The maximum atomic E-state index is 5.35. The molecule has 1 aromatic heterocycles. The monoisotopic (exact) mass is 286 g/mol. The lowest BCUT2D eigenvalue weighted by Gasteiger charge is -2.57. The van der Waals surface area contributed by atoms with Gasteiger partial charge in [-0.1, -0.05) is 0 Å². The number of aromatic nitrogens is 1. The quantitative estimate of drug-likeness (QED) is 0.863. The van der Waals surface area contributed by atoms with Crippen molar-refractivity contribution < 1.29 is 9.47 Å². The molecular weight excluding hydrogens is 264 g/mol. The third-order valence-corrected chi connectivity index (χ3v) is 4.96. The van der Waals surface area contributed by atoms with Crippen molar-refractivity contribution >= 4 is 10.9 Å². The third kappa shape index (κ3) is 2.14. The molecule has 2 aliphatic rings. The molecule has 3 heterocycles. The Morgan fingerprint density at radius 3 is 2.76 bits per heavy atom. The molecule has 2 aliphatic heterocycles. The minimum Gasteiger partial charge on any atom is -0.497 e. The first-order chi connectivity index (χ1) is 10.2. The Bertz CT molecular complexity index is 652. The van der Waals surface area contributed by atoms with Gasteiger partial charge >= 0.3 is 0 Å². The number of hydrogen-bond donors (Lipinski definition) is 0. The Balaban J connectivity index is 1.47. The summed E-state index contributed by atoms with van der Waals surface area (Å²) in [5, 5.41) is 1.24. The Morgan fingerprint density at radius 2 is 2.10 bits per heavy atom. The topological polar surface area (TPSA) is 26.6 Å². The van der Waals surface area contributed by atoms with Gasteiger partial charge in [0.25, 0.3) is 0 Å². The standard InChI is InChI=1S/C17H22N2O2/c1-13(19-9-17(10-19)11-21-12-17)8-18-6-5-14-7-15(20-2)3-4-16(14)18/h3-7,13H,8-12H2,1-2H3. The second-order valence-corrected chi connectivity index (χ2v) is 6.64. The van der Waals surface area contributed by atoms with Crippen LogP contribution in [0.1, 0.15) is 6.92 Å². The molecule has 1 aromatic carbocycles. The van der Waals surface area contributed by atoms with Gasteiger partial charge in [0.15, 0.2) is 0 Å². The zero-order valence-electron chi connectivity index (χ0n) is 12.7. The van der Waals surface area contributed by atoms with E-state index in [-0.39, 0.29) is 0 Å². The lowest BCUT2D eigenvalue weighted by atomic mass is 9.77. The van der Waals surface area contributed by atoms with Gasteiger partial charge in [-0.3, -0.25) is 4.90 Å². The predicted molar refractivity (Wildman–Crippen MR) is 82.8 cm³/mol. The molecule has 0 saturated carbocycles.